The van der Waals surface area contributed by atoms with Crippen LogP contribution in [0.5, 0.6) is 0 Å². The van der Waals surface area contributed by atoms with Gasteiger partial charge in [-0.2, -0.15) is 4.37 Å². The van der Waals surface area contributed by atoms with Gasteiger partial charge in [-0.3, -0.25) is 9.59 Å². The molecule has 0 unspecified atom stereocenters. The van der Waals surface area contributed by atoms with Crippen LogP contribution in [0.15, 0.2) is 17.5 Å². The predicted octanol–water partition coefficient (Wildman–Crippen LogP) is 4.21. The summed E-state index contributed by atoms with van der Waals surface area (Å²) in [6.07, 6.45) is 4.27. The van der Waals surface area contributed by atoms with Crippen LogP contribution in [0.2, 0.25) is 9.36 Å². The van der Waals surface area contributed by atoms with E-state index in [1.807, 2.05) is 17.5 Å². The lowest BCUT2D eigenvalue weighted by atomic mass is 10.2. The highest BCUT2D eigenvalue weighted by Crippen LogP contribution is 2.30. The van der Waals surface area contributed by atoms with E-state index in [4.69, 9.17) is 23.2 Å². The zero-order chi connectivity index (χ0) is 17.8. The Balaban J connectivity index is 1.73. The van der Waals surface area contributed by atoms with Crippen LogP contribution < -0.4 is 5.32 Å². The number of carbonyl (C=O) groups is 2. The fourth-order valence-corrected chi connectivity index (χ4v) is 4.56. The summed E-state index contributed by atoms with van der Waals surface area (Å²) in [6, 6.07) is 4.05. The summed E-state index contributed by atoms with van der Waals surface area (Å²) in [4.78, 5) is 27.7. The van der Waals surface area contributed by atoms with E-state index in [-0.39, 0.29) is 39.5 Å². The molecule has 0 radical (unpaired) electrons. The number of amides is 2. The van der Waals surface area contributed by atoms with Crippen molar-refractivity contribution >= 4 is 57.9 Å². The maximum Gasteiger partial charge on any atom is 0.275 e. The highest BCUT2D eigenvalue weighted by Gasteiger charge is 2.26. The maximum atomic E-state index is 12.8. The van der Waals surface area contributed by atoms with E-state index in [1.165, 1.54) is 16.2 Å². The van der Waals surface area contributed by atoms with Gasteiger partial charge in [0.2, 0.25) is 5.91 Å². The minimum absolute atomic E-state index is 0.0291. The van der Waals surface area contributed by atoms with E-state index in [2.05, 4.69) is 9.69 Å². The Morgan fingerprint density at radius 3 is 2.68 bits per heavy atom. The second kappa shape index (κ2) is 8.49. The van der Waals surface area contributed by atoms with Crippen LogP contribution in [0.4, 0.5) is 0 Å². The van der Waals surface area contributed by atoms with Gasteiger partial charge in [0.25, 0.3) is 5.91 Å². The van der Waals surface area contributed by atoms with Gasteiger partial charge in [0.1, 0.15) is 15.9 Å². The van der Waals surface area contributed by atoms with Gasteiger partial charge < -0.3 is 10.2 Å². The highest BCUT2D eigenvalue weighted by atomic mass is 35.5. The molecule has 0 aliphatic heterocycles. The minimum Gasteiger partial charge on any atom is -0.352 e. The van der Waals surface area contributed by atoms with Crippen LogP contribution in [0.3, 0.4) is 0 Å². The van der Waals surface area contributed by atoms with Crippen LogP contribution in [-0.4, -0.2) is 33.7 Å². The van der Waals surface area contributed by atoms with Gasteiger partial charge in [0.05, 0.1) is 6.54 Å². The highest BCUT2D eigenvalue weighted by molar-refractivity contribution is 7.11. The Morgan fingerprint density at radius 1 is 1.32 bits per heavy atom. The third-order valence-corrected chi connectivity index (χ3v) is 6.54. The molecule has 0 bridgehead atoms. The van der Waals surface area contributed by atoms with Crippen molar-refractivity contribution < 1.29 is 9.59 Å². The van der Waals surface area contributed by atoms with Gasteiger partial charge in [-0.15, -0.1) is 11.3 Å². The number of nitrogens with zero attached hydrogens (tertiary/aromatic N) is 2. The molecule has 3 rings (SSSR count). The summed E-state index contributed by atoms with van der Waals surface area (Å²) in [5.74, 6) is -0.544. The summed E-state index contributed by atoms with van der Waals surface area (Å²) in [7, 11) is 0. The topological polar surface area (TPSA) is 62.3 Å². The summed E-state index contributed by atoms with van der Waals surface area (Å²) >= 11 is 14.5. The first-order valence-electron chi connectivity index (χ1n) is 7.96. The molecule has 1 saturated carbocycles. The summed E-state index contributed by atoms with van der Waals surface area (Å²) in [6.45, 7) is 0.304. The molecule has 0 atom stereocenters. The standard InChI is InChI=1S/C16H17Cl2N3O2S2/c17-13-14(20-25-15(13)18)16(23)21(8-11-6-3-7-24-11)9-12(22)19-10-4-1-2-5-10/h3,6-7,10H,1-2,4-5,8-9H2,(H,19,22). The molecule has 1 fully saturated rings. The van der Waals surface area contributed by atoms with Gasteiger partial charge >= 0.3 is 0 Å². The lowest BCUT2D eigenvalue weighted by molar-refractivity contribution is -0.122. The van der Waals surface area contributed by atoms with Crippen molar-refractivity contribution in [2.45, 2.75) is 38.3 Å². The molecule has 134 valence electrons. The third kappa shape index (κ3) is 4.73. The lowest BCUT2D eigenvalue weighted by Crippen LogP contribution is -2.43. The van der Waals surface area contributed by atoms with Crippen molar-refractivity contribution in [2.75, 3.05) is 6.54 Å². The molecule has 1 aliphatic rings. The summed E-state index contributed by atoms with van der Waals surface area (Å²) in [5.41, 5.74) is 0.0990. The molecular formula is C16H17Cl2N3O2S2. The second-order valence-electron chi connectivity index (χ2n) is 5.91. The van der Waals surface area contributed by atoms with Crippen LogP contribution >= 0.6 is 46.1 Å². The monoisotopic (exact) mass is 417 g/mol. The predicted molar refractivity (Wildman–Crippen MR) is 102 cm³/mol. The Morgan fingerprint density at radius 2 is 2.08 bits per heavy atom. The van der Waals surface area contributed by atoms with E-state index in [0.717, 1.165) is 42.1 Å². The Bertz CT molecular complexity index is 743. The van der Waals surface area contributed by atoms with E-state index in [0.29, 0.717) is 6.54 Å². The van der Waals surface area contributed by atoms with Gasteiger partial charge in [0.15, 0.2) is 5.69 Å². The molecule has 0 spiro atoms. The molecule has 9 heteroatoms. The molecule has 0 saturated heterocycles. The maximum absolute atomic E-state index is 12.8. The zero-order valence-electron chi connectivity index (χ0n) is 13.3. The van der Waals surface area contributed by atoms with E-state index in [1.54, 1.807) is 0 Å². The molecule has 1 aliphatic carbocycles. The van der Waals surface area contributed by atoms with Crippen molar-refractivity contribution in [3.63, 3.8) is 0 Å². The number of carbonyl (C=O) groups excluding carboxylic acids is 2. The average molecular weight is 418 g/mol. The SMILES string of the molecule is O=C(CN(Cc1cccs1)C(=O)c1nsc(Cl)c1Cl)NC1CCCC1. The Labute approximate surface area is 164 Å². The van der Waals surface area contributed by atoms with E-state index < -0.39 is 0 Å². The number of hydrogen-bond acceptors (Lipinski definition) is 5. The Hall–Kier alpha value is -1.15. The van der Waals surface area contributed by atoms with Crippen molar-refractivity contribution in [1.29, 1.82) is 0 Å². The number of hydrogen-bond donors (Lipinski definition) is 1. The summed E-state index contributed by atoms with van der Waals surface area (Å²) < 4.78 is 4.31. The van der Waals surface area contributed by atoms with E-state index in [9.17, 15) is 9.59 Å². The molecule has 5 nitrogen and oxygen atoms in total. The number of rotatable bonds is 6. The molecular weight excluding hydrogens is 401 g/mol. The largest absolute Gasteiger partial charge is 0.352 e. The van der Waals surface area contributed by atoms with Crippen molar-refractivity contribution in [2.24, 2.45) is 0 Å². The van der Waals surface area contributed by atoms with Gasteiger partial charge in [-0.25, -0.2) is 0 Å². The van der Waals surface area contributed by atoms with Crippen LogP contribution in [0.25, 0.3) is 0 Å². The van der Waals surface area contributed by atoms with Crippen molar-refractivity contribution in [3.8, 4) is 0 Å². The number of thiophene rings is 1. The number of aromatic nitrogens is 1. The van der Waals surface area contributed by atoms with Gasteiger partial charge in [-0.05, 0) is 35.8 Å². The Kier molecular flexibility index (Phi) is 6.33. The molecule has 2 heterocycles. The second-order valence-corrected chi connectivity index (χ2v) is 8.69. The fraction of sp³-hybridized carbons (Fsp3) is 0.438. The first-order chi connectivity index (χ1) is 12.0. The van der Waals surface area contributed by atoms with Gasteiger partial charge in [-0.1, -0.05) is 42.1 Å². The molecule has 2 amide bonds. The molecule has 25 heavy (non-hydrogen) atoms. The fourth-order valence-electron chi connectivity index (χ4n) is 2.85. The first kappa shape index (κ1) is 18.6. The molecule has 0 aromatic carbocycles. The third-order valence-electron chi connectivity index (χ3n) is 4.07. The number of nitrogens with one attached hydrogen (secondary N) is 1. The van der Waals surface area contributed by atoms with Crippen LogP contribution in [0.1, 0.15) is 41.0 Å². The summed E-state index contributed by atoms with van der Waals surface area (Å²) in [5, 5.41) is 5.09. The zero-order valence-corrected chi connectivity index (χ0v) is 16.5. The van der Waals surface area contributed by atoms with Crippen molar-refractivity contribution in [1.82, 2.24) is 14.6 Å². The smallest absolute Gasteiger partial charge is 0.275 e. The average Bonchev–Trinajstić information content (AvgIpc) is 3.32. The minimum atomic E-state index is -0.386. The quantitative estimate of drug-likeness (QED) is 0.765. The number of halogens is 2. The van der Waals surface area contributed by atoms with Crippen molar-refractivity contribution in [3.05, 3.63) is 37.4 Å². The van der Waals surface area contributed by atoms with E-state index >= 15 is 0 Å². The lowest BCUT2D eigenvalue weighted by Gasteiger charge is -2.22. The molecule has 2 aromatic heterocycles. The molecule has 1 N–H and O–H groups in total. The van der Waals surface area contributed by atoms with Crippen LogP contribution in [0, 0.1) is 0 Å². The normalized spacial score (nSPS) is 14.6. The first-order valence-corrected chi connectivity index (χ1v) is 10.4. The molecule has 2 aromatic rings. The van der Waals surface area contributed by atoms with Gasteiger partial charge in [0, 0.05) is 10.9 Å². The van der Waals surface area contributed by atoms with Crippen LogP contribution in [-0.2, 0) is 11.3 Å².